The van der Waals surface area contributed by atoms with Crippen LogP contribution < -0.4 is 10.0 Å². The number of rotatable bonds is 7. The van der Waals surface area contributed by atoms with Crippen molar-refractivity contribution in [3.8, 4) is 6.07 Å². The summed E-state index contributed by atoms with van der Waals surface area (Å²) in [6.07, 6.45) is 0. The van der Waals surface area contributed by atoms with E-state index < -0.39 is 27.8 Å². The van der Waals surface area contributed by atoms with Gasteiger partial charge in [0.15, 0.2) is 0 Å². The molecule has 2 N–H and O–H groups in total. The molecule has 31 heavy (non-hydrogen) atoms. The third kappa shape index (κ3) is 5.34. The van der Waals surface area contributed by atoms with E-state index in [0.29, 0.717) is 5.56 Å². The van der Waals surface area contributed by atoms with Gasteiger partial charge in [0.25, 0.3) is 5.91 Å². The number of halogens is 1. The fourth-order valence-corrected chi connectivity index (χ4v) is 4.01. The highest BCUT2D eigenvalue weighted by Crippen LogP contribution is 2.20. The largest absolute Gasteiger partial charge is 0.332 e. The topological polar surface area (TPSA) is 99.1 Å². The minimum absolute atomic E-state index is 0.0318. The predicted molar refractivity (Wildman–Crippen MR) is 114 cm³/mol. The molecule has 0 aliphatic rings. The van der Waals surface area contributed by atoms with E-state index in [1.165, 1.54) is 36.4 Å². The molecule has 0 bridgehead atoms. The van der Waals surface area contributed by atoms with Crippen molar-refractivity contribution in [3.63, 3.8) is 0 Å². The van der Waals surface area contributed by atoms with E-state index in [9.17, 15) is 22.9 Å². The summed E-state index contributed by atoms with van der Waals surface area (Å²) in [5.74, 6) is -1.29. The van der Waals surface area contributed by atoms with Gasteiger partial charge < -0.3 is 5.32 Å². The van der Waals surface area contributed by atoms with Crippen LogP contribution in [0, 0.1) is 24.1 Å². The molecule has 0 spiro atoms. The summed E-state index contributed by atoms with van der Waals surface area (Å²) in [5, 5.41) is 11.9. The number of nitriles is 1. The molecule has 1 amide bonds. The first-order valence-corrected chi connectivity index (χ1v) is 10.9. The lowest BCUT2D eigenvalue weighted by Crippen LogP contribution is -2.29. The van der Waals surface area contributed by atoms with Gasteiger partial charge in [0.05, 0.1) is 11.0 Å². The molecule has 3 rings (SSSR count). The Balaban J connectivity index is 1.82. The molecule has 0 saturated heterocycles. The lowest BCUT2D eigenvalue weighted by Gasteiger charge is -2.15. The highest BCUT2D eigenvalue weighted by molar-refractivity contribution is 7.89. The molecule has 0 radical (unpaired) electrons. The molecule has 3 aromatic carbocycles. The van der Waals surface area contributed by atoms with Crippen LogP contribution in [0.3, 0.4) is 0 Å². The van der Waals surface area contributed by atoms with Crippen molar-refractivity contribution in [2.75, 3.05) is 0 Å². The standard InChI is InChI=1S/C23H20FN3O3S/c1-16-11-12-18(31(29,30)26-15-17-7-3-2-4-8-17)13-20(16)23(28)27-22(14-25)19-9-5-6-10-21(19)24/h2-13,22,26H,15H2,1H3,(H,27,28). The zero-order valence-corrected chi connectivity index (χ0v) is 17.5. The Morgan fingerprint density at radius 2 is 1.74 bits per heavy atom. The van der Waals surface area contributed by atoms with Crippen LogP contribution in [0.25, 0.3) is 0 Å². The molecular formula is C23H20FN3O3S. The van der Waals surface area contributed by atoms with E-state index in [1.54, 1.807) is 37.3 Å². The number of sulfonamides is 1. The molecule has 3 aromatic rings. The molecule has 0 aromatic heterocycles. The average molecular weight is 437 g/mol. The summed E-state index contributed by atoms with van der Waals surface area (Å²) in [7, 11) is -3.88. The van der Waals surface area contributed by atoms with Gasteiger partial charge in [-0.1, -0.05) is 54.6 Å². The quantitative estimate of drug-likeness (QED) is 0.590. The van der Waals surface area contributed by atoms with Crippen LogP contribution in [0.4, 0.5) is 4.39 Å². The van der Waals surface area contributed by atoms with Crippen LogP contribution in [-0.4, -0.2) is 14.3 Å². The zero-order valence-electron chi connectivity index (χ0n) is 16.7. The molecule has 0 aliphatic carbocycles. The van der Waals surface area contributed by atoms with Crippen molar-refractivity contribution in [2.45, 2.75) is 24.4 Å². The van der Waals surface area contributed by atoms with Crippen LogP contribution in [0.1, 0.15) is 33.1 Å². The Labute approximate surface area is 180 Å². The van der Waals surface area contributed by atoms with E-state index >= 15 is 0 Å². The molecule has 1 unspecified atom stereocenters. The molecule has 0 aliphatic heterocycles. The Hall–Kier alpha value is -3.54. The molecule has 0 fully saturated rings. The van der Waals surface area contributed by atoms with Gasteiger partial charge in [0.1, 0.15) is 11.9 Å². The summed E-state index contributed by atoms with van der Waals surface area (Å²) < 4.78 is 41.9. The summed E-state index contributed by atoms with van der Waals surface area (Å²) in [6, 6.07) is 19.5. The second kappa shape index (κ2) is 9.51. The van der Waals surface area contributed by atoms with Crippen molar-refractivity contribution in [1.82, 2.24) is 10.0 Å². The Morgan fingerprint density at radius 3 is 2.42 bits per heavy atom. The van der Waals surface area contributed by atoms with Crippen LogP contribution in [0.2, 0.25) is 0 Å². The van der Waals surface area contributed by atoms with Gasteiger partial charge in [-0.25, -0.2) is 17.5 Å². The van der Waals surface area contributed by atoms with Gasteiger partial charge in [0.2, 0.25) is 10.0 Å². The first-order valence-electron chi connectivity index (χ1n) is 9.41. The normalized spacial score (nSPS) is 12.0. The maximum absolute atomic E-state index is 14.0. The highest BCUT2D eigenvalue weighted by Gasteiger charge is 2.22. The van der Waals surface area contributed by atoms with Gasteiger partial charge in [-0.15, -0.1) is 0 Å². The third-order valence-electron chi connectivity index (χ3n) is 4.69. The number of benzene rings is 3. The molecule has 6 nitrogen and oxygen atoms in total. The number of nitrogens with zero attached hydrogens (tertiary/aromatic N) is 1. The average Bonchev–Trinajstić information content (AvgIpc) is 2.77. The lowest BCUT2D eigenvalue weighted by atomic mass is 10.0. The number of aryl methyl sites for hydroxylation is 1. The number of carbonyl (C=O) groups excluding carboxylic acids is 1. The molecule has 8 heteroatoms. The minimum Gasteiger partial charge on any atom is -0.332 e. The van der Waals surface area contributed by atoms with Crippen LogP contribution >= 0.6 is 0 Å². The van der Waals surface area contributed by atoms with Crippen molar-refractivity contribution in [1.29, 1.82) is 5.26 Å². The summed E-state index contributed by atoms with van der Waals surface area (Å²) in [5.41, 5.74) is 1.42. The van der Waals surface area contributed by atoms with Crippen LogP contribution in [0.15, 0.2) is 77.7 Å². The fourth-order valence-electron chi connectivity index (χ4n) is 2.97. The van der Waals surface area contributed by atoms with E-state index in [1.807, 2.05) is 12.1 Å². The smallest absolute Gasteiger partial charge is 0.252 e. The van der Waals surface area contributed by atoms with Crippen molar-refractivity contribution in [3.05, 3.63) is 101 Å². The minimum atomic E-state index is -3.88. The molecule has 158 valence electrons. The number of carbonyl (C=O) groups is 1. The first-order chi connectivity index (χ1) is 14.8. The number of hydrogen-bond donors (Lipinski definition) is 2. The van der Waals surface area contributed by atoms with E-state index in [-0.39, 0.29) is 22.6 Å². The van der Waals surface area contributed by atoms with Crippen molar-refractivity contribution >= 4 is 15.9 Å². The molecular weight excluding hydrogens is 417 g/mol. The van der Waals surface area contributed by atoms with Crippen molar-refractivity contribution < 1.29 is 17.6 Å². The number of nitrogens with one attached hydrogen (secondary N) is 2. The molecule has 0 heterocycles. The second-order valence-electron chi connectivity index (χ2n) is 6.84. The fraction of sp³-hybridized carbons (Fsp3) is 0.130. The van der Waals surface area contributed by atoms with E-state index in [0.717, 1.165) is 5.56 Å². The summed E-state index contributed by atoms with van der Waals surface area (Å²) >= 11 is 0. The van der Waals surface area contributed by atoms with Gasteiger partial charge in [-0.3, -0.25) is 4.79 Å². The van der Waals surface area contributed by atoms with Crippen LogP contribution in [0.5, 0.6) is 0 Å². The van der Waals surface area contributed by atoms with Crippen molar-refractivity contribution in [2.24, 2.45) is 0 Å². The lowest BCUT2D eigenvalue weighted by molar-refractivity contribution is 0.0944. The van der Waals surface area contributed by atoms with Gasteiger partial charge >= 0.3 is 0 Å². The van der Waals surface area contributed by atoms with Crippen LogP contribution in [-0.2, 0) is 16.6 Å². The van der Waals surface area contributed by atoms with Gasteiger partial charge in [0, 0.05) is 17.7 Å². The maximum Gasteiger partial charge on any atom is 0.252 e. The highest BCUT2D eigenvalue weighted by atomic mass is 32.2. The number of amides is 1. The second-order valence-corrected chi connectivity index (χ2v) is 8.61. The molecule has 1 atom stereocenters. The number of hydrogen-bond acceptors (Lipinski definition) is 4. The maximum atomic E-state index is 14.0. The summed E-state index contributed by atoms with van der Waals surface area (Å²) in [4.78, 5) is 12.7. The van der Waals surface area contributed by atoms with E-state index in [2.05, 4.69) is 10.0 Å². The zero-order chi connectivity index (χ0) is 22.4. The third-order valence-corrected chi connectivity index (χ3v) is 6.09. The van der Waals surface area contributed by atoms with Gasteiger partial charge in [-0.05, 0) is 36.2 Å². The first kappa shape index (κ1) is 22.2. The van der Waals surface area contributed by atoms with Gasteiger partial charge in [-0.2, -0.15) is 5.26 Å². The monoisotopic (exact) mass is 437 g/mol. The predicted octanol–water partition coefficient (Wildman–Crippen LogP) is 3.61. The molecule has 0 saturated carbocycles. The Morgan fingerprint density at radius 1 is 1.06 bits per heavy atom. The Bertz CT molecular complexity index is 1240. The Kier molecular flexibility index (Phi) is 6.80. The SMILES string of the molecule is Cc1ccc(S(=O)(=O)NCc2ccccc2)cc1C(=O)NC(C#N)c1ccccc1F. The van der Waals surface area contributed by atoms with E-state index in [4.69, 9.17) is 0 Å². The summed E-state index contributed by atoms with van der Waals surface area (Å²) in [6.45, 7) is 1.75.